The molecule has 0 unspecified atom stereocenters. The summed E-state index contributed by atoms with van der Waals surface area (Å²) in [4.78, 5) is 16.4. The molecule has 23 heavy (non-hydrogen) atoms. The van der Waals surface area contributed by atoms with Gasteiger partial charge in [-0.1, -0.05) is 37.6 Å². The van der Waals surface area contributed by atoms with E-state index in [2.05, 4.69) is 51.7 Å². The molecule has 0 aliphatic heterocycles. The first kappa shape index (κ1) is 15.4. The number of anilines is 1. The SMILES string of the molecule is CCCCc1ccc(-c2csc(NC(=O)c3ccn[nH]3)n2)cc1. The lowest BCUT2D eigenvalue weighted by atomic mass is 10.1. The van der Waals surface area contributed by atoms with Gasteiger partial charge >= 0.3 is 0 Å². The van der Waals surface area contributed by atoms with Gasteiger partial charge < -0.3 is 0 Å². The predicted octanol–water partition coefficient (Wildman–Crippen LogP) is 4.13. The van der Waals surface area contributed by atoms with Crippen molar-refractivity contribution >= 4 is 22.4 Å². The van der Waals surface area contributed by atoms with Gasteiger partial charge in [0.2, 0.25) is 0 Å². The number of carbonyl (C=O) groups is 1. The molecule has 2 aromatic heterocycles. The summed E-state index contributed by atoms with van der Waals surface area (Å²) in [5.41, 5.74) is 3.70. The predicted molar refractivity (Wildman–Crippen MR) is 92.7 cm³/mol. The minimum atomic E-state index is -0.238. The number of nitrogens with one attached hydrogen (secondary N) is 2. The van der Waals surface area contributed by atoms with Crippen molar-refractivity contribution in [1.82, 2.24) is 15.2 Å². The molecule has 1 aromatic carbocycles. The van der Waals surface area contributed by atoms with Crippen LogP contribution in [0.4, 0.5) is 5.13 Å². The number of benzene rings is 1. The summed E-state index contributed by atoms with van der Waals surface area (Å²) in [5, 5.41) is 11.7. The quantitative estimate of drug-likeness (QED) is 0.715. The van der Waals surface area contributed by atoms with Gasteiger partial charge in [0.15, 0.2) is 5.13 Å². The Kier molecular flexibility index (Phi) is 4.83. The lowest BCUT2D eigenvalue weighted by Crippen LogP contribution is -2.12. The highest BCUT2D eigenvalue weighted by Crippen LogP contribution is 2.25. The summed E-state index contributed by atoms with van der Waals surface area (Å²) in [7, 11) is 0. The van der Waals surface area contributed by atoms with Gasteiger partial charge in [-0.05, 0) is 24.5 Å². The number of nitrogens with zero attached hydrogens (tertiary/aromatic N) is 2. The monoisotopic (exact) mass is 326 g/mol. The zero-order valence-corrected chi connectivity index (χ0v) is 13.7. The number of aromatic nitrogens is 3. The number of hydrogen-bond acceptors (Lipinski definition) is 4. The summed E-state index contributed by atoms with van der Waals surface area (Å²) in [5.74, 6) is -0.238. The fourth-order valence-corrected chi connectivity index (χ4v) is 2.95. The molecule has 0 aliphatic rings. The normalized spacial score (nSPS) is 10.7. The first-order chi connectivity index (χ1) is 11.3. The van der Waals surface area contributed by atoms with E-state index in [-0.39, 0.29) is 5.91 Å². The molecule has 5 nitrogen and oxygen atoms in total. The van der Waals surface area contributed by atoms with E-state index in [9.17, 15) is 4.79 Å². The van der Waals surface area contributed by atoms with Gasteiger partial charge in [0.1, 0.15) is 5.69 Å². The minimum Gasteiger partial charge on any atom is -0.296 e. The largest absolute Gasteiger partial charge is 0.296 e. The fourth-order valence-electron chi connectivity index (χ4n) is 2.23. The summed E-state index contributed by atoms with van der Waals surface area (Å²) in [6.45, 7) is 2.20. The fraction of sp³-hybridized carbons (Fsp3) is 0.235. The Morgan fingerprint density at radius 2 is 2.09 bits per heavy atom. The molecule has 0 bridgehead atoms. The number of unbranched alkanes of at least 4 members (excludes halogenated alkanes) is 1. The Morgan fingerprint density at radius 3 is 2.78 bits per heavy atom. The second kappa shape index (κ2) is 7.19. The third kappa shape index (κ3) is 3.84. The summed E-state index contributed by atoms with van der Waals surface area (Å²) in [6.07, 6.45) is 5.06. The molecule has 2 N–H and O–H groups in total. The molecule has 0 atom stereocenters. The van der Waals surface area contributed by atoms with E-state index in [0.29, 0.717) is 10.8 Å². The minimum absolute atomic E-state index is 0.238. The van der Waals surface area contributed by atoms with Crippen molar-refractivity contribution in [3.05, 3.63) is 53.2 Å². The first-order valence-electron chi connectivity index (χ1n) is 7.62. The van der Waals surface area contributed by atoms with Crippen molar-refractivity contribution in [2.45, 2.75) is 26.2 Å². The van der Waals surface area contributed by atoms with E-state index in [0.717, 1.165) is 17.7 Å². The van der Waals surface area contributed by atoms with Crippen molar-refractivity contribution in [3.63, 3.8) is 0 Å². The Balaban J connectivity index is 1.68. The number of carbonyl (C=O) groups excluding carboxylic acids is 1. The van der Waals surface area contributed by atoms with Crippen molar-refractivity contribution in [2.24, 2.45) is 0 Å². The highest BCUT2D eigenvalue weighted by molar-refractivity contribution is 7.14. The number of thiazole rings is 1. The zero-order valence-electron chi connectivity index (χ0n) is 12.9. The van der Waals surface area contributed by atoms with Crippen LogP contribution < -0.4 is 5.32 Å². The van der Waals surface area contributed by atoms with Crippen LogP contribution in [0.5, 0.6) is 0 Å². The number of rotatable bonds is 6. The van der Waals surface area contributed by atoms with E-state index in [4.69, 9.17) is 0 Å². The van der Waals surface area contributed by atoms with Gasteiger partial charge in [-0.25, -0.2) is 4.98 Å². The molecular weight excluding hydrogens is 308 g/mol. The Morgan fingerprint density at radius 1 is 1.26 bits per heavy atom. The molecule has 3 rings (SSSR count). The maximum atomic E-state index is 12.0. The van der Waals surface area contributed by atoms with Gasteiger partial charge in [-0.3, -0.25) is 15.2 Å². The van der Waals surface area contributed by atoms with Crippen LogP contribution in [0.3, 0.4) is 0 Å². The lowest BCUT2D eigenvalue weighted by molar-refractivity contribution is 0.102. The van der Waals surface area contributed by atoms with Crippen molar-refractivity contribution in [1.29, 1.82) is 0 Å². The lowest BCUT2D eigenvalue weighted by Gasteiger charge is -2.02. The van der Waals surface area contributed by atoms with Gasteiger partial charge in [0, 0.05) is 17.1 Å². The number of amides is 1. The van der Waals surface area contributed by atoms with Crippen molar-refractivity contribution in [2.75, 3.05) is 5.32 Å². The third-order valence-corrected chi connectivity index (χ3v) is 4.30. The standard InChI is InChI=1S/C17H18N4OS/c1-2-3-4-12-5-7-13(8-6-12)15-11-23-17(19-15)20-16(22)14-9-10-18-21-14/h5-11H,2-4H2,1H3,(H,18,21)(H,19,20,22). The molecule has 0 radical (unpaired) electrons. The Hall–Kier alpha value is -2.47. The van der Waals surface area contributed by atoms with Crippen molar-refractivity contribution < 1.29 is 4.79 Å². The van der Waals surface area contributed by atoms with E-state index < -0.39 is 0 Å². The van der Waals surface area contributed by atoms with Gasteiger partial charge in [0.05, 0.1) is 5.69 Å². The maximum Gasteiger partial charge on any atom is 0.275 e. The van der Waals surface area contributed by atoms with Gasteiger partial charge in [0.25, 0.3) is 5.91 Å². The Labute approximate surface area is 138 Å². The Bertz CT molecular complexity index is 762. The highest BCUT2D eigenvalue weighted by Gasteiger charge is 2.10. The maximum absolute atomic E-state index is 12.0. The molecule has 118 valence electrons. The van der Waals surface area contributed by atoms with Crippen molar-refractivity contribution in [3.8, 4) is 11.3 Å². The number of aromatic amines is 1. The van der Waals surface area contributed by atoms with Crippen LogP contribution in [0.1, 0.15) is 35.8 Å². The van der Waals surface area contributed by atoms with Crippen LogP contribution in [0.25, 0.3) is 11.3 Å². The van der Waals surface area contributed by atoms with Crippen LogP contribution in [-0.2, 0) is 6.42 Å². The van der Waals surface area contributed by atoms with E-state index >= 15 is 0 Å². The van der Waals surface area contributed by atoms with E-state index in [1.165, 1.54) is 29.7 Å². The molecule has 6 heteroatoms. The van der Waals surface area contributed by atoms with Gasteiger partial charge in [-0.2, -0.15) is 5.10 Å². The number of hydrogen-bond donors (Lipinski definition) is 2. The highest BCUT2D eigenvalue weighted by atomic mass is 32.1. The van der Waals surface area contributed by atoms with Gasteiger partial charge in [-0.15, -0.1) is 11.3 Å². The third-order valence-electron chi connectivity index (χ3n) is 3.54. The number of aryl methyl sites for hydroxylation is 1. The van der Waals surface area contributed by atoms with Crippen LogP contribution in [-0.4, -0.2) is 21.1 Å². The second-order valence-corrected chi connectivity index (χ2v) is 6.12. The van der Waals surface area contributed by atoms with Crippen LogP contribution >= 0.6 is 11.3 Å². The molecule has 2 heterocycles. The molecule has 0 aliphatic carbocycles. The topological polar surface area (TPSA) is 70.7 Å². The summed E-state index contributed by atoms with van der Waals surface area (Å²) in [6, 6.07) is 10.1. The first-order valence-corrected chi connectivity index (χ1v) is 8.50. The molecule has 1 amide bonds. The molecule has 0 fully saturated rings. The molecule has 3 aromatic rings. The molecular formula is C17H18N4OS. The average Bonchev–Trinajstić information content (AvgIpc) is 3.25. The smallest absolute Gasteiger partial charge is 0.275 e. The number of H-pyrrole nitrogens is 1. The molecule has 0 saturated heterocycles. The molecule has 0 spiro atoms. The van der Waals surface area contributed by atoms with E-state index in [1.54, 1.807) is 12.3 Å². The van der Waals surface area contributed by atoms with E-state index in [1.807, 2.05) is 5.38 Å². The summed E-state index contributed by atoms with van der Waals surface area (Å²) < 4.78 is 0. The second-order valence-electron chi connectivity index (χ2n) is 5.26. The average molecular weight is 326 g/mol. The van der Waals surface area contributed by atoms with Crippen LogP contribution in [0.2, 0.25) is 0 Å². The summed E-state index contributed by atoms with van der Waals surface area (Å²) >= 11 is 1.41. The molecule has 0 saturated carbocycles. The zero-order chi connectivity index (χ0) is 16.1. The van der Waals surface area contributed by atoms with Crippen LogP contribution in [0, 0.1) is 0 Å². The van der Waals surface area contributed by atoms with Crippen LogP contribution in [0.15, 0.2) is 41.9 Å².